The van der Waals surface area contributed by atoms with Crippen molar-refractivity contribution in [3.63, 3.8) is 0 Å². The van der Waals surface area contributed by atoms with Gasteiger partial charge in [0.25, 0.3) is 10.0 Å². The minimum Gasteiger partial charge on any atom is -0.494 e. The predicted octanol–water partition coefficient (Wildman–Crippen LogP) is 1.77. The molecular formula is C14H16N2O4S. The highest BCUT2D eigenvalue weighted by Gasteiger charge is 2.17. The number of anilines is 1. The molecule has 1 aromatic heterocycles. The lowest BCUT2D eigenvalue weighted by Gasteiger charge is -2.11. The van der Waals surface area contributed by atoms with E-state index in [1.165, 1.54) is 24.4 Å². The zero-order valence-electron chi connectivity index (χ0n) is 11.5. The van der Waals surface area contributed by atoms with Crippen molar-refractivity contribution in [3.05, 3.63) is 48.2 Å². The molecule has 2 aromatic rings. The van der Waals surface area contributed by atoms with Gasteiger partial charge in [-0.05, 0) is 37.3 Å². The topological polar surface area (TPSA) is 88.5 Å². The van der Waals surface area contributed by atoms with Gasteiger partial charge in [-0.25, -0.2) is 13.4 Å². The standard InChI is InChI=1S/C14H16N2O4S/c1-2-20-13-7-6-12(9-11(13)10-17)21(18,19)16-14-5-3-4-8-15-14/h3-9,17H,2,10H2,1H3,(H,15,16). The Morgan fingerprint density at radius 3 is 2.71 bits per heavy atom. The quantitative estimate of drug-likeness (QED) is 0.849. The van der Waals surface area contributed by atoms with Gasteiger partial charge >= 0.3 is 0 Å². The Bertz CT molecular complexity index is 702. The Kier molecular flexibility index (Phi) is 4.77. The molecule has 0 spiro atoms. The van der Waals surface area contributed by atoms with Gasteiger partial charge in [0.2, 0.25) is 0 Å². The van der Waals surface area contributed by atoms with E-state index in [0.29, 0.717) is 17.9 Å². The molecule has 0 aliphatic heterocycles. The minimum atomic E-state index is -3.76. The number of aliphatic hydroxyl groups excluding tert-OH is 1. The number of nitrogens with zero attached hydrogens (tertiary/aromatic N) is 1. The second-order valence-electron chi connectivity index (χ2n) is 4.18. The van der Waals surface area contributed by atoms with E-state index in [4.69, 9.17) is 4.74 Å². The summed E-state index contributed by atoms with van der Waals surface area (Å²) in [7, 11) is -3.76. The molecule has 0 radical (unpaired) electrons. The van der Waals surface area contributed by atoms with E-state index >= 15 is 0 Å². The summed E-state index contributed by atoms with van der Waals surface area (Å²) in [5.41, 5.74) is 0.417. The van der Waals surface area contributed by atoms with Gasteiger partial charge in [0.15, 0.2) is 0 Å². The Morgan fingerprint density at radius 1 is 1.29 bits per heavy atom. The van der Waals surface area contributed by atoms with Crippen LogP contribution < -0.4 is 9.46 Å². The largest absolute Gasteiger partial charge is 0.494 e. The summed E-state index contributed by atoms with van der Waals surface area (Å²) in [5.74, 6) is 0.703. The molecule has 0 aliphatic carbocycles. The second-order valence-corrected chi connectivity index (χ2v) is 5.86. The molecule has 0 saturated carbocycles. The first-order chi connectivity index (χ1) is 10.1. The van der Waals surface area contributed by atoms with Crippen LogP contribution >= 0.6 is 0 Å². The molecule has 21 heavy (non-hydrogen) atoms. The van der Waals surface area contributed by atoms with Crippen LogP contribution in [-0.2, 0) is 16.6 Å². The fraction of sp³-hybridized carbons (Fsp3) is 0.214. The molecule has 2 rings (SSSR count). The number of aromatic nitrogens is 1. The number of hydrogen-bond donors (Lipinski definition) is 2. The lowest BCUT2D eigenvalue weighted by molar-refractivity contribution is 0.266. The molecule has 0 saturated heterocycles. The molecule has 0 atom stereocenters. The average Bonchev–Trinajstić information content (AvgIpc) is 2.48. The van der Waals surface area contributed by atoms with Crippen molar-refractivity contribution >= 4 is 15.8 Å². The maximum atomic E-state index is 12.3. The molecule has 0 unspecified atom stereocenters. The van der Waals surface area contributed by atoms with E-state index in [0.717, 1.165) is 0 Å². The lowest BCUT2D eigenvalue weighted by Crippen LogP contribution is -2.14. The maximum Gasteiger partial charge on any atom is 0.263 e. The Balaban J connectivity index is 2.32. The first-order valence-electron chi connectivity index (χ1n) is 6.37. The number of nitrogens with one attached hydrogen (secondary N) is 1. The Morgan fingerprint density at radius 2 is 2.10 bits per heavy atom. The van der Waals surface area contributed by atoms with E-state index in [-0.39, 0.29) is 17.3 Å². The van der Waals surface area contributed by atoms with Crippen LogP contribution in [0.2, 0.25) is 0 Å². The van der Waals surface area contributed by atoms with E-state index in [2.05, 4.69) is 9.71 Å². The van der Waals surface area contributed by atoms with Crippen molar-refractivity contribution < 1.29 is 18.3 Å². The van der Waals surface area contributed by atoms with Gasteiger partial charge in [0, 0.05) is 11.8 Å². The molecule has 0 aliphatic rings. The molecule has 6 nitrogen and oxygen atoms in total. The molecule has 7 heteroatoms. The van der Waals surface area contributed by atoms with Crippen LogP contribution in [0.1, 0.15) is 12.5 Å². The van der Waals surface area contributed by atoms with Gasteiger partial charge < -0.3 is 9.84 Å². The van der Waals surface area contributed by atoms with Gasteiger partial charge in [-0.2, -0.15) is 0 Å². The van der Waals surface area contributed by atoms with E-state index in [9.17, 15) is 13.5 Å². The monoisotopic (exact) mass is 308 g/mol. The van der Waals surface area contributed by atoms with Gasteiger partial charge in [0.1, 0.15) is 11.6 Å². The highest BCUT2D eigenvalue weighted by molar-refractivity contribution is 7.92. The van der Waals surface area contributed by atoms with Crippen LogP contribution in [0.5, 0.6) is 5.75 Å². The summed E-state index contributed by atoms with van der Waals surface area (Å²) in [6.07, 6.45) is 1.50. The van der Waals surface area contributed by atoms with Crippen molar-refractivity contribution in [2.45, 2.75) is 18.4 Å². The fourth-order valence-corrected chi connectivity index (χ4v) is 2.82. The van der Waals surface area contributed by atoms with Crippen LogP contribution in [0, 0.1) is 0 Å². The lowest BCUT2D eigenvalue weighted by atomic mass is 10.2. The molecule has 112 valence electrons. The molecular weight excluding hydrogens is 292 g/mol. The summed E-state index contributed by atoms with van der Waals surface area (Å²) in [5, 5.41) is 9.32. The normalized spacial score (nSPS) is 11.1. The fourth-order valence-electron chi connectivity index (χ4n) is 1.76. The molecule has 0 bridgehead atoms. The summed E-state index contributed by atoms with van der Waals surface area (Å²) in [6, 6.07) is 9.27. The number of pyridine rings is 1. The molecule has 2 N–H and O–H groups in total. The second kappa shape index (κ2) is 6.55. The van der Waals surface area contributed by atoms with E-state index in [1.807, 2.05) is 6.92 Å². The SMILES string of the molecule is CCOc1ccc(S(=O)(=O)Nc2ccccn2)cc1CO. The number of aliphatic hydroxyl groups is 1. The van der Waals surface area contributed by atoms with Crippen LogP contribution in [0.15, 0.2) is 47.5 Å². The average molecular weight is 308 g/mol. The molecule has 1 aromatic carbocycles. The summed E-state index contributed by atoms with van der Waals surface area (Å²) in [4.78, 5) is 3.96. The number of ether oxygens (including phenoxy) is 1. The van der Waals surface area contributed by atoms with Crippen LogP contribution in [0.4, 0.5) is 5.82 Å². The van der Waals surface area contributed by atoms with Gasteiger partial charge in [-0.1, -0.05) is 6.07 Å². The number of hydrogen-bond acceptors (Lipinski definition) is 5. The van der Waals surface area contributed by atoms with Crippen LogP contribution in [-0.4, -0.2) is 25.1 Å². The highest BCUT2D eigenvalue weighted by Crippen LogP contribution is 2.24. The molecule has 0 fully saturated rings. The summed E-state index contributed by atoms with van der Waals surface area (Å²) >= 11 is 0. The van der Waals surface area contributed by atoms with E-state index in [1.54, 1.807) is 18.2 Å². The first kappa shape index (κ1) is 15.3. The predicted molar refractivity (Wildman–Crippen MR) is 78.6 cm³/mol. The zero-order chi connectivity index (χ0) is 15.3. The van der Waals surface area contributed by atoms with Crippen molar-refractivity contribution in [1.29, 1.82) is 0 Å². The highest BCUT2D eigenvalue weighted by atomic mass is 32.2. The summed E-state index contributed by atoms with van der Waals surface area (Å²) in [6.45, 7) is 1.95. The third kappa shape index (κ3) is 3.71. The Labute approximate surface area is 123 Å². The number of sulfonamides is 1. The maximum absolute atomic E-state index is 12.3. The minimum absolute atomic E-state index is 0.0423. The van der Waals surface area contributed by atoms with Gasteiger partial charge in [-0.15, -0.1) is 0 Å². The van der Waals surface area contributed by atoms with Crippen LogP contribution in [0.25, 0.3) is 0 Å². The van der Waals surface area contributed by atoms with E-state index < -0.39 is 10.0 Å². The van der Waals surface area contributed by atoms with Crippen molar-refractivity contribution in [1.82, 2.24) is 4.98 Å². The third-order valence-electron chi connectivity index (χ3n) is 2.72. The van der Waals surface area contributed by atoms with Crippen molar-refractivity contribution in [2.24, 2.45) is 0 Å². The van der Waals surface area contributed by atoms with Gasteiger partial charge in [-0.3, -0.25) is 4.72 Å². The van der Waals surface area contributed by atoms with Crippen LogP contribution in [0.3, 0.4) is 0 Å². The van der Waals surface area contributed by atoms with Crippen molar-refractivity contribution in [3.8, 4) is 5.75 Å². The number of rotatable bonds is 6. The number of benzene rings is 1. The van der Waals surface area contributed by atoms with Gasteiger partial charge in [0.05, 0.1) is 18.1 Å². The summed E-state index contributed by atoms with van der Waals surface area (Å²) < 4.78 is 32.2. The third-order valence-corrected chi connectivity index (χ3v) is 4.07. The van der Waals surface area contributed by atoms with Crippen molar-refractivity contribution in [2.75, 3.05) is 11.3 Å². The zero-order valence-corrected chi connectivity index (χ0v) is 12.3. The first-order valence-corrected chi connectivity index (χ1v) is 7.85. The smallest absolute Gasteiger partial charge is 0.263 e. The Hall–Kier alpha value is -2.12. The molecule has 1 heterocycles. The molecule has 0 amide bonds.